The molecule has 0 saturated heterocycles. The molecule has 0 aliphatic heterocycles. The standard InChI is InChI=1S/C21H13BrClN3O2S/c22-13-5-3-4-12(10-13)20-25-17-11-14(8-9-18(17)28-20)24-21(29)26-19(27)15-6-1-2-7-16(15)23/h1-11H,(H2,24,26,27,29). The molecule has 0 aliphatic rings. The molecule has 0 unspecified atom stereocenters. The SMILES string of the molecule is O=C(NC(=S)Nc1ccc2oc(-c3cccc(Br)c3)nc2c1)c1ccccc1Cl. The van der Waals surface area contributed by atoms with E-state index in [1.54, 1.807) is 42.5 Å². The zero-order chi connectivity index (χ0) is 20.4. The molecule has 0 spiro atoms. The van der Waals surface area contributed by atoms with E-state index >= 15 is 0 Å². The Morgan fingerprint density at radius 2 is 1.90 bits per heavy atom. The van der Waals surface area contributed by atoms with Crippen LogP contribution in [-0.4, -0.2) is 16.0 Å². The van der Waals surface area contributed by atoms with E-state index in [-0.39, 0.29) is 11.0 Å². The molecule has 0 bridgehead atoms. The predicted octanol–water partition coefficient (Wildman–Crippen LogP) is 6.04. The Bertz CT molecular complexity index is 1240. The highest BCUT2D eigenvalue weighted by molar-refractivity contribution is 9.10. The number of nitrogens with one attached hydrogen (secondary N) is 2. The molecule has 144 valence electrons. The maximum atomic E-state index is 12.3. The molecule has 0 fully saturated rings. The van der Waals surface area contributed by atoms with E-state index in [0.717, 1.165) is 10.0 Å². The lowest BCUT2D eigenvalue weighted by molar-refractivity contribution is 0.0978. The lowest BCUT2D eigenvalue weighted by atomic mass is 10.2. The van der Waals surface area contributed by atoms with Crippen LogP contribution in [0.2, 0.25) is 5.02 Å². The van der Waals surface area contributed by atoms with Crippen molar-refractivity contribution in [2.45, 2.75) is 0 Å². The summed E-state index contributed by atoms with van der Waals surface area (Å²) < 4.78 is 6.77. The van der Waals surface area contributed by atoms with Crippen molar-refractivity contribution < 1.29 is 9.21 Å². The van der Waals surface area contributed by atoms with E-state index in [1.807, 2.05) is 24.3 Å². The van der Waals surface area contributed by atoms with Gasteiger partial charge in [-0.1, -0.05) is 45.7 Å². The molecule has 1 aromatic heterocycles. The van der Waals surface area contributed by atoms with E-state index < -0.39 is 0 Å². The second-order valence-electron chi connectivity index (χ2n) is 6.10. The third kappa shape index (κ3) is 4.48. The van der Waals surface area contributed by atoms with Crippen LogP contribution in [0.25, 0.3) is 22.6 Å². The summed E-state index contributed by atoms with van der Waals surface area (Å²) in [6.07, 6.45) is 0. The van der Waals surface area contributed by atoms with Gasteiger partial charge < -0.3 is 9.73 Å². The molecule has 0 radical (unpaired) electrons. The summed E-state index contributed by atoms with van der Waals surface area (Å²) in [5.41, 5.74) is 3.22. The summed E-state index contributed by atoms with van der Waals surface area (Å²) in [5, 5.41) is 6.11. The largest absolute Gasteiger partial charge is 0.436 e. The average Bonchev–Trinajstić information content (AvgIpc) is 3.11. The van der Waals surface area contributed by atoms with Crippen LogP contribution < -0.4 is 10.6 Å². The van der Waals surface area contributed by atoms with Gasteiger partial charge in [-0.3, -0.25) is 10.1 Å². The number of benzene rings is 3. The van der Waals surface area contributed by atoms with E-state index in [1.165, 1.54) is 0 Å². The third-order valence-corrected chi connectivity index (χ3v) is 5.09. The van der Waals surface area contributed by atoms with Crippen molar-refractivity contribution >= 4 is 67.6 Å². The minimum atomic E-state index is -0.382. The number of fused-ring (bicyclic) bond motifs is 1. The fraction of sp³-hybridized carbons (Fsp3) is 0. The van der Waals surface area contributed by atoms with Gasteiger partial charge in [-0.05, 0) is 60.7 Å². The number of carbonyl (C=O) groups excluding carboxylic acids is 1. The molecule has 0 aliphatic carbocycles. The molecule has 1 amide bonds. The summed E-state index contributed by atoms with van der Waals surface area (Å²) in [4.78, 5) is 16.8. The topological polar surface area (TPSA) is 67.2 Å². The van der Waals surface area contributed by atoms with Gasteiger partial charge in [0, 0.05) is 15.7 Å². The van der Waals surface area contributed by atoms with Gasteiger partial charge in [-0.25, -0.2) is 4.98 Å². The smallest absolute Gasteiger partial charge is 0.258 e. The molecule has 4 aromatic rings. The third-order valence-electron chi connectivity index (χ3n) is 4.06. The molecular weight excluding hydrogens is 474 g/mol. The molecule has 2 N–H and O–H groups in total. The van der Waals surface area contributed by atoms with Crippen molar-refractivity contribution in [2.24, 2.45) is 0 Å². The molecule has 0 saturated carbocycles. The van der Waals surface area contributed by atoms with Gasteiger partial charge in [0.2, 0.25) is 5.89 Å². The minimum Gasteiger partial charge on any atom is -0.436 e. The Morgan fingerprint density at radius 3 is 2.69 bits per heavy atom. The molecule has 5 nitrogen and oxygen atoms in total. The number of thiocarbonyl (C=S) groups is 1. The van der Waals surface area contributed by atoms with Crippen LogP contribution in [0.4, 0.5) is 5.69 Å². The Morgan fingerprint density at radius 1 is 1.07 bits per heavy atom. The van der Waals surface area contributed by atoms with Crippen molar-refractivity contribution in [3.05, 3.63) is 81.8 Å². The van der Waals surface area contributed by atoms with Gasteiger partial charge in [0.05, 0.1) is 10.6 Å². The number of hydrogen-bond donors (Lipinski definition) is 2. The zero-order valence-electron chi connectivity index (χ0n) is 14.8. The maximum Gasteiger partial charge on any atom is 0.258 e. The average molecular weight is 487 g/mol. The zero-order valence-corrected chi connectivity index (χ0v) is 17.9. The Hall–Kier alpha value is -2.74. The van der Waals surface area contributed by atoms with Crippen LogP contribution in [0.3, 0.4) is 0 Å². The Labute approximate surface area is 185 Å². The second-order valence-corrected chi connectivity index (χ2v) is 7.83. The number of nitrogens with zero attached hydrogens (tertiary/aromatic N) is 1. The monoisotopic (exact) mass is 485 g/mol. The fourth-order valence-corrected chi connectivity index (χ4v) is 3.56. The lowest BCUT2D eigenvalue weighted by Gasteiger charge is -2.10. The van der Waals surface area contributed by atoms with Crippen LogP contribution in [0.5, 0.6) is 0 Å². The van der Waals surface area contributed by atoms with Crippen molar-refractivity contribution in [1.29, 1.82) is 0 Å². The molecule has 3 aromatic carbocycles. The van der Waals surface area contributed by atoms with Crippen LogP contribution in [0.1, 0.15) is 10.4 Å². The highest BCUT2D eigenvalue weighted by Gasteiger charge is 2.13. The molecule has 1 heterocycles. The molecule has 29 heavy (non-hydrogen) atoms. The number of rotatable bonds is 3. The number of aromatic nitrogens is 1. The van der Waals surface area contributed by atoms with Gasteiger partial charge in [0.25, 0.3) is 5.91 Å². The Kier molecular flexibility index (Phi) is 5.62. The van der Waals surface area contributed by atoms with Gasteiger partial charge in [-0.2, -0.15) is 0 Å². The predicted molar refractivity (Wildman–Crippen MR) is 122 cm³/mol. The Balaban J connectivity index is 1.50. The first-order valence-electron chi connectivity index (χ1n) is 8.53. The van der Waals surface area contributed by atoms with Gasteiger partial charge in [0.15, 0.2) is 10.7 Å². The van der Waals surface area contributed by atoms with Crippen molar-refractivity contribution in [1.82, 2.24) is 10.3 Å². The van der Waals surface area contributed by atoms with Crippen molar-refractivity contribution in [3.63, 3.8) is 0 Å². The second kappa shape index (κ2) is 8.32. The fourth-order valence-electron chi connectivity index (χ4n) is 2.73. The molecule has 8 heteroatoms. The highest BCUT2D eigenvalue weighted by Crippen LogP contribution is 2.27. The lowest BCUT2D eigenvalue weighted by Crippen LogP contribution is -2.34. The van der Waals surface area contributed by atoms with E-state index in [2.05, 4.69) is 31.5 Å². The molecule has 0 atom stereocenters. The van der Waals surface area contributed by atoms with Crippen LogP contribution in [-0.2, 0) is 0 Å². The highest BCUT2D eigenvalue weighted by atomic mass is 79.9. The van der Waals surface area contributed by atoms with E-state index in [4.69, 9.17) is 28.2 Å². The maximum absolute atomic E-state index is 12.3. The number of carbonyl (C=O) groups is 1. The summed E-state index contributed by atoms with van der Waals surface area (Å²) in [7, 11) is 0. The van der Waals surface area contributed by atoms with Crippen LogP contribution >= 0.6 is 39.7 Å². The minimum absolute atomic E-state index is 0.157. The molecule has 4 rings (SSSR count). The number of halogens is 2. The van der Waals surface area contributed by atoms with Gasteiger partial charge in [0.1, 0.15) is 5.52 Å². The van der Waals surface area contributed by atoms with E-state index in [9.17, 15) is 4.79 Å². The van der Waals surface area contributed by atoms with Crippen molar-refractivity contribution in [3.8, 4) is 11.5 Å². The first kappa shape index (κ1) is 19.6. The van der Waals surface area contributed by atoms with Crippen LogP contribution in [0.15, 0.2) is 75.6 Å². The number of anilines is 1. The first-order chi connectivity index (χ1) is 14.0. The first-order valence-corrected chi connectivity index (χ1v) is 10.1. The van der Waals surface area contributed by atoms with Gasteiger partial charge >= 0.3 is 0 Å². The number of amides is 1. The van der Waals surface area contributed by atoms with Crippen molar-refractivity contribution in [2.75, 3.05) is 5.32 Å². The summed E-state index contributed by atoms with van der Waals surface area (Å²) in [6.45, 7) is 0. The normalized spacial score (nSPS) is 10.7. The van der Waals surface area contributed by atoms with Crippen LogP contribution in [0, 0.1) is 0 Å². The van der Waals surface area contributed by atoms with E-state index in [0.29, 0.717) is 33.3 Å². The number of oxazole rings is 1. The van der Waals surface area contributed by atoms with Gasteiger partial charge in [-0.15, -0.1) is 0 Å². The molecular formula is C21H13BrClN3O2S. The quantitative estimate of drug-likeness (QED) is 0.346. The summed E-state index contributed by atoms with van der Waals surface area (Å²) in [5.74, 6) is 0.139. The summed E-state index contributed by atoms with van der Waals surface area (Å²) in [6, 6.07) is 19.9. The number of hydrogen-bond acceptors (Lipinski definition) is 4. The summed E-state index contributed by atoms with van der Waals surface area (Å²) >= 11 is 14.7.